The number of hydrogen-bond acceptors (Lipinski definition) is 4. The molecule has 2 atom stereocenters. The first-order valence-electron chi connectivity index (χ1n) is 7.56. The van der Waals surface area contributed by atoms with Crippen LogP contribution in [0.4, 0.5) is 0 Å². The van der Waals surface area contributed by atoms with Gasteiger partial charge in [0.2, 0.25) is 0 Å². The van der Waals surface area contributed by atoms with Crippen molar-refractivity contribution < 1.29 is 13.9 Å². The topological polar surface area (TPSA) is 63.5 Å². The van der Waals surface area contributed by atoms with E-state index in [1.54, 1.807) is 12.1 Å². The monoisotopic (exact) mass is 300 g/mol. The summed E-state index contributed by atoms with van der Waals surface area (Å²) < 4.78 is 11.0. The van der Waals surface area contributed by atoms with Crippen LogP contribution >= 0.6 is 0 Å². The van der Waals surface area contributed by atoms with E-state index in [4.69, 9.17) is 9.15 Å². The van der Waals surface area contributed by atoms with Crippen LogP contribution in [-0.2, 0) is 0 Å². The smallest absolute Gasteiger partial charge is 0.290 e. The molecule has 1 aliphatic rings. The van der Waals surface area contributed by atoms with E-state index in [0.717, 1.165) is 19.5 Å². The molecule has 2 heterocycles. The van der Waals surface area contributed by atoms with Gasteiger partial charge in [-0.3, -0.25) is 4.79 Å². The van der Waals surface area contributed by atoms with Crippen molar-refractivity contribution in [3.63, 3.8) is 0 Å². The Kier molecular flexibility index (Phi) is 4.44. The van der Waals surface area contributed by atoms with Crippen molar-refractivity contribution in [2.45, 2.75) is 19.4 Å². The number of furan rings is 1. The molecule has 5 nitrogen and oxygen atoms in total. The Balaban J connectivity index is 1.61. The fraction of sp³-hybridized carbons (Fsp3) is 0.353. The largest absolute Gasteiger partial charge is 0.426 e. The third-order valence-corrected chi connectivity index (χ3v) is 3.91. The summed E-state index contributed by atoms with van der Waals surface area (Å²) in [4.78, 5) is 12.2. The van der Waals surface area contributed by atoms with E-state index < -0.39 is 0 Å². The highest BCUT2D eigenvalue weighted by Gasteiger charge is 2.24. The minimum Gasteiger partial charge on any atom is -0.426 e. The van der Waals surface area contributed by atoms with Crippen molar-refractivity contribution in [2.75, 3.05) is 13.1 Å². The maximum atomic E-state index is 12.2. The number of amides is 1. The van der Waals surface area contributed by atoms with Crippen molar-refractivity contribution >= 4 is 5.91 Å². The predicted molar refractivity (Wildman–Crippen MR) is 83.1 cm³/mol. The second-order valence-corrected chi connectivity index (χ2v) is 5.58. The summed E-state index contributed by atoms with van der Waals surface area (Å²) >= 11 is 0. The first-order valence-corrected chi connectivity index (χ1v) is 7.56. The van der Waals surface area contributed by atoms with Gasteiger partial charge in [-0.05, 0) is 37.1 Å². The van der Waals surface area contributed by atoms with Gasteiger partial charge in [-0.2, -0.15) is 0 Å². The number of rotatable bonds is 4. The van der Waals surface area contributed by atoms with Gasteiger partial charge in [-0.25, -0.2) is 0 Å². The highest BCUT2D eigenvalue weighted by molar-refractivity contribution is 5.91. The summed E-state index contributed by atoms with van der Waals surface area (Å²) in [5, 5.41) is 6.30. The highest BCUT2D eigenvalue weighted by atomic mass is 16.6. The number of nitrogens with one attached hydrogen (secondary N) is 2. The summed E-state index contributed by atoms with van der Waals surface area (Å²) in [6.45, 7) is 3.95. The van der Waals surface area contributed by atoms with Gasteiger partial charge in [0.05, 0.1) is 0 Å². The van der Waals surface area contributed by atoms with Crippen LogP contribution in [0.15, 0.2) is 46.9 Å². The van der Waals surface area contributed by atoms with E-state index in [9.17, 15) is 4.79 Å². The van der Waals surface area contributed by atoms with Gasteiger partial charge in [0.15, 0.2) is 5.76 Å². The summed E-state index contributed by atoms with van der Waals surface area (Å²) in [6, 6.07) is 12.7. The average Bonchev–Trinajstić information content (AvgIpc) is 2.99. The standard InChI is InChI=1S/C17H20N2O3/c1-12-9-10-18-11-14(12)19-17(20)15-7-8-16(22-15)21-13-5-3-2-4-6-13/h2-8,12,14,18H,9-11H2,1H3,(H,19,20). The lowest BCUT2D eigenvalue weighted by molar-refractivity contribution is 0.0882. The SMILES string of the molecule is CC1CCNCC1NC(=O)c1ccc(Oc2ccccc2)o1. The Morgan fingerprint density at radius 2 is 2.09 bits per heavy atom. The molecule has 0 saturated carbocycles. The lowest BCUT2D eigenvalue weighted by atomic mass is 9.95. The summed E-state index contributed by atoms with van der Waals surface area (Å²) in [5.74, 6) is 1.51. The molecule has 3 rings (SSSR count). The number of ether oxygens (including phenoxy) is 1. The van der Waals surface area contributed by atoms with E-state index in [-0.39, 0.29) is 17.7 Å². The molecule has 22 heavy (non-hydrogen) atoms. The Morgan fingerprint density at radius 1 is 1.27 bits per heavy atom. The molecular formula is C17H20N2O3. The quantitative estimate of drug-likeness (QED) is 0.911. The molecule has 1 fully saturated rings. The van der Waals surface area contributed by atoms with Gasteiger partial charge >= 0.3 is 0 Å². The van der Waals surface area contributed by atoms with E-state index in [2.05, 4.69) is 17.6 Å². The minimum atomic E-state index is -0.205. The molecule has 2 unspecified atom stereocenters. The zero-order valence-electron chi connectivity index (χ0n) is 12.5. The van der Waals surface area contributed by atoms with Crippen LogP contribution < -0.4 is 15.4 Å². The van der Waals surface area contributed by atoms with Gasteiger partial charge in [-0.15, -0.1) is 0 Å². The lowest BCUT2D eigenvalue weighted by Gasteiger charge is -2.29. The van der Waals surface area contributed by atoms with Crippen LogP contribution in [-0.4, -0.2) is 25.0 Å². The van der Waals surface area contributed by atoms with Crippen LogP contribution in [0.3, 0.4) is 0 Å². The van der Waals surface area contributed by atoms with Crippen molar-refractivity contribution in [1.29, 1.82) is 0 Å². The molecule has 1 saturated heterocycles. The first kappa shape index (κ1) is 14.7. The minimum absolute atomic E-state index is 0.129. The fourth-order valence-electron chi connectivity index (χ4n) is 2.52. The molecule has 1 amide bonds. The van der Waals surface area contributed by atoms with Crippen LogP contribution in [0.25, 0.3) is 0 Å². The van der Waals surface area contributed by atoms with Crippen LogP contribution in [0, 0.1) is 5.92 Å². The molecule has 5 heteroatoms. The second-order valence-electron chi connectivity index (χ2n) is 5.58. The molecule has 2 aromatic rings. The number of carbonyl (C=O) groups excluding carboxylic acids is 1. The second kappa shape index (κ2) is 6.66. The maximum Gasteiger partial charge on any atom is 0.290 e. The van der Waals surface area contributed by atoms with Gasteiger partial charge in [0.25, 0.3) is 11.9 Å². The average molecular weight is 300 g/mol. The van der Waals surface area contributed by atoms with E-state index in [1.807, 2.05) is 30.3 Å². The summed E-state index contributed by atoms with van der Waals surface area (Å²) in [7, 11) is 0. The Bertz CT molecular complexity index is 624. The molecular weight excluding hydrogens is 280 g/mol. The molecule has 0 bridgehead atoms. The number of carbonyl (C=O) groups is 1. The van der Waals surface area contributed by atoms with E-state index in [1.165, 1.54) is 0 Å². The zero-order valence-corrected chi connectivity index (χ0v) is 12.5. The van der Waals surface area contributed by atoms with Crippen LogP contribution in [0.5, 0.6) is 11.7 Å². The van der Waals surface area contributed by atoms with Crippen molar-refractivity contribution in [3.05, 3.63) is 48.2 Å². The number of piperidine rings is 1. The van der Waals surface area contributed by atoms with Gasteiger partial charge < -0.3 is 19.8 Å². The Morgan fingerprint density at radius 3 is 2.86 bits per heavy atom. The van der Waals surface area contributed by atoms with Crippen LogP contribution in [0.1, 0.15) is 23.9 Å². The number of benzene rings is 1. The van der Waals surface area contributed by atoms with Crippen molar-refractivity contribution in [2.24, 2.45) is 5.92 Å². The van der Waals surface area contributed by atoms with E-state index in [0.29, 0.717) is 17.6 Å². The lowest BCUT2D eigenvalue weighted by Crippen LogP contribution is -2.50. The molecule has 0 radical (unpaired) electrons. The normalized spacial score (nSPS) is 21.3. The van der Waals surface area contributed by atoms with Gasteiger partial charge in [0, 0.05) is 18.7 Å². The van der Waals surface area contributed by atoms with Crippen molar-refractivity contribution in [3.8, 4) is 11.7 Å². The Hall–Kier alpha value is -2.27. The summed E-state index contributed by atoms with van der Waals surface area (Å²) in [6.07, 6.45) is 1.06. The maximum absolute atomic E-state index is 12.2. The third kappa shape index (κ3) is 3.49. The predicted octanol–water partition coefficient (Wildman–Crippen LogP) is 2.80. The molecule has 0 aliphatic carbocycles. The third-order valence-electron chi connectivity index (χ3n) is 3.91. The zero-order chi connectivity index (χ0) is 15.4. The molecule has 0 spiro atoms. The molecule has 1 aliphatic heterocycles. The molecule has 1 aromatic carbocycles. The number of para-hydroxylation sites is 1. The highest BCUT2D eigenvalue weighted by Crippen LogP contribution is 2.23. The fourth-order valence-corrected chi connectivity index (χ4v) is 2.52. The Labute approximate surface area is 129 Å². The summed E-state index contributed by atoms with van der Waals surface area (Å²) in [5.41, 5.74) is 0. The molecule has 1 aromatic heterocycles. The first-order chi connectivity index (χ1) is 10.7. The molecule has 116 valence electrons. The van der Waals surface area contributed by atoms with E-state index >= 15 is 0 Å². The van der Waals surface area contributed by atoms with Crippen molar-refractivity contribution in [1.82, 2.24) is 10.6 Å². The van der Waals surface area contributed by atoms with Gasteiger partial charge in [0.1, 0.15) is 5.75 Å². The number of hydrogen-bond donors (Lipinski definition) is 2. The van der Waals surface area contributed by atoms with Gasteiger partial charge in [-0.1, -0.05) is 25.1 Å². The van der Waals surface area contributed by atoms with Crippen LogP contribution in [0.2, 0.25) is 0 Å². The molecule has 2 N–H and O–H groups in total.